The number of carbonyl (C=O) groups is 2. The summed E-state index contributed by atoms with van der Waals surface area (Å²) >= 11 is 0. The van der Waals surface area contributed by atoms with Crippen LogP contribution in [0, 0.1) is 0 Å². The summed E-state index contributed by atoms with van der Waals surface area (Å²) in [6.07, 6.45) is 6.50. The molecule has 2 aliphatic rings. The third-order valence-electron chi connectivity index (χ3n) is 5.77. The van der Waals surface area contributed by atoms with Crippen LogP contribution in [0.3, 0.4) is 0 Å². The number of carboxylic acids is 1. The summed E-state index contributed by atoms with van der Waals surface area (Å²) in [4.78, 5) is 29.3. The maximum Gasteiger partial charge on any atom is 0.317 e. The summed E-state index contributed by atoms with van der Waals surface area (Å²) in [6, 6.07) is 1.02. The molecule has 1 saturated carbocycles. The van der Waals surface area contributed by atoms with Gasteiger partial charge in [-0.05, 0) is 52.2 Å². The van der Waals surface area contributed by atoms with E-state index in [1.54, 1.807) is 4.90 Å². The van der Waals surface area contributed by atoms with Crippen molar-refractivity contribution in [3.05, 3.63) is 0 Å². The summed E-state index contributed by atoms with van der Waals surface area (Å²) in [5.74, 6) is -0.790. The first-order valence-corrected chi connectivity index (χ1v) is 9.58. The molecule has 1 heterocycles. The highest BCUT2D eigenvalue weighted by Crippen LogP contribution is 2.25. The highest BCUT2D eigenvalue weighted by Gasteiger charge is 2.35. The van der Waals surface area contributed by atoms with Crippen LogP contribution in [0.5, 0.6) is 0 Å². The molecular weight excluding hydrogens is 320 g/mol. The molecule has 1 unspecified atom stereocenters. The average molecular weight is 354 g/mol. The zero-order valence-electron chi connectivity index (χ0n) is 15.9. The predicted molar refractivity (Wildman–Crippen MR) is 97.7 cm³/mol. The Kier molecular flexibility index (Phi) is 7.50. The minimum atomic E-state index is -0.790. The van der Waals surface area contributed by atoms with Gasteiger partial charge in [-0.3, -0.25) is 9.69 Å². The highest BCUT2D eigenvalue weighted by atomic mass is 16.4. The Labute approximate surface area is 151 Å². The zero-order chi connectivity index (χ0) is 18.4. The number of hydrogen-bond donors (Lipinski definition) is 2. The first-order valence-electron chi connectivity index (χ1n) is 9.58. The summed E-state index contributed by atoms with van der Waals surface area (Å²) in [7, 11) is 4.03. The smallest absolute Gasteiger partial charge is 0.317 e. The largest absolute Gasteiger partial charge is 0.480 e. The normalized spacial score (nSPS) is 27.0. The minimum Gasteiger partial charge on any atom is -0.480 e. The lowest BCUT2D eigenvalue weighted by atomic mass is 9.85. The molecule has 0 aromatic rings. The molecule has 1 saturated heterocycles. The van der Waals surface area contributed by atoms with Crippen LogP contribution in [-0.2, 0) is 4.79 Å². The van der Waals surface area contributed by atoms with E-state index in [2.05, 4.69) is 17.3 Å². The Hall–Kier alpha value is -1.34. The van der Waals surface area contributed by atoms with Crippen LogP contribution >= 0.6 is 0 Å². The van der Waals surface area contributed by atoms with Gasteiger partial charge in [-0.25, -0.2) is 4.79 Å². The van der Waals surface area contributed by atoms with Gasteiger partial charge in [-0.2, -0.15) is 0 Å². The Bertz CT molecular complexity index is 454. The van der Waals surface area contributed by atoms with Crippen LogP contribution in [0.25, 0.3) is 0 Å². The number of piperidine rings is 1. The third-order valence-corrected chi connectivity index (χ3v) is 5.77. The standard InChI is InChI=1S/C18H34N4O3/c1-4-22(13-17(23)24)16-11-14(12-16)19-18(25)21(3)10-8-15-7-5-6-9-20(15)2/h14-16H,4-13H2,1-3H3,(H,19,25)(H,23,24). The summed E-state index contributed by atoms with van der Waals surface area (Å²) < 4.78 is 0. The molecule has 0 aromatic carbocycles. The molecule has 1 aliphatic heterocycles. The van der Waals surface area contributed by atoms with E-state index < -0.39 is 5.97 Å². The van der Waals surface area contributed by atoms with Crippen LogP contribution in [0.15, 0.2) is 0 Å². The van der Waals surface area contributed by atoms with E-state index in [0.29, 0.717) is 6.04 Å². The molecule has 2 amide bonds. The summed E-state index contributed by atoms with van der Waals surface area (Å²) in [5, 5.41) is 12.0. The average Bonchev–Trinajstić information content (AvgIpc) is 2.54. The van der Waals surface area contributed by atoms with E-state index in [4.69, 9.17) is 5.11 Å². The molecule has 7 nitrogen and oxygen atoms in total. The second-order valence-electron chi connectivity index (χ2n) is 7.57. The molecule has 2 fully saturated rings. The maximum atomic E-state index is 12.3. The van der Waals surface area contributed by atoms with Gasteiger partial charge in [0.1, 0.15) is 0 Å². The third kappa shape index (κ3) is 5.85. The van der Waals surface area contributed by atoms with Crippen LogP contribution < -0.4 is 5.32 Å². The van der Waals surface area contributed by atoms with Gasteiger partial charge >= 0.3 is 12.0 Å². The quantitative estimate of drug-likeness (QED) is 0.690. The fraction of sp³-hybridized carbons (Fsp3) is 0.889. The number of aliphatic carboxylic acids is 1. The fourth-order valence-electron chi connectivity index (χ4n) is 3.91. The fourth-order valence-corrected chi connectivity index (χ4v) is 3.91. The van der Waals surface area contributed by atoms with Crippen molar-refractivity contribution in [2.24, 2.45) is 0 Å². The number of hydrogen-bond acceptors (Lipinski definition) is 4. The number of carboxylic acid groups (broad SMARTS) is 1. The van der Waals surface area contributed by atoms with E-state index in [1.807, 2.05) is 18.9 Å². The molecule has 0 aromatic heterocycles. The number of carbonyl (C=O) groups excluding carboxylic acids is 1. The Morgan fingerprint density at radius 3 is 2.60 bits per heavy atom. The van der Waals surface area contributed by atoms with Crippen molar-refractivity contribution in [1.29, 1.82) is 0 Å². The van der Waals surface area contributed by atoms with Crippen molar-refractivity contribution in [2.75, 3.05) is 40.3 Å². The molecular formula is C18H34N4O3. The van der Waals surface area contributed by atoms with E-state index >= 15 is 0 Å². The van der Waals surface area contributed by atoms with E-state index in [1.165, 1.54) is 19.3 Å². The number of nitrogens with zero attached hydrogens (tertiary/aromatic N) is 3. The van der Waals surface area contributed by atoms with Gasteiger partial charge in [0.05, 0.1) is 6.54 Å². The van der Waals surface area contributed by atoms with Gasteiger partial charge in [-0.15, -0.1) is 0 Å². The van der Waals surface area contributed by atoms with Crippen LogP contribution in [0.4, 0.5) is 4.79 Å². The number of rotatable bonds is 8. The van der Waals surface area contributed by atoms with Gasteiger partial charge in [0.15, 0.2) is 0 Å². The number of amides is 2. The van der Waals surface area contributed by atoms with Gasteiger partial charge in [-0.1, -0.05) is 13.3 Å². The van der Waals surface area contributed by atoms with Gasteiger partial charge in [0, 0.05) is 31.7 Å². The minimum absolute atomic E-state index is 0.0109. The molecule has 0 spiro atoms. The first-order chi connectivity index (χ1) is 11.9. The van der Waals surface area contributed by atoms with Crippen LogP contribution in [0.2, 0.25) is 0 Å². The number of likely N-dealkylation sites (N-methyl/N-ethyl adjacent to an activating group) is 1. The van der Waals surface area contributed by atoms with Crippen molar-refractivity contribution in [1.82, 2.24) is 20.0 Å². The lowest BCUT2D eigenvalue weighted by Crippen LogP contribution is -2.56. The molecule has 2 N–H and O–H groups in total. The Morgan fingerprint density at radius 2 is 2.00 bits per heavy atom. The van der Waals surface area contributed by atoms with Crippen LogP contribution in [0.1, 0.15) is 45.4 Å². The van der Waals surface area contributed by atoms with Crippen molar-refractivity contribution in [3.8, 4) is 0 Å². The summed E-state index contributed by atoms with van der Waals surface area (Å²) in [5.41, 5.74) is 0. The Morgan fingerprint density at radius 1 is 1.28 bits per heavy atom. The molecule has 0 bridgehead atoms. The van der Waals surface area contributed by atoms with Gasteiger partial charge in [0.2, 0.25) is 0 Å². The topological polar surface area (TPSA) is 76.1 Å². The molecule has 25 heavy (non-hydrogen) atoms. The number of urea groups is 1. The molecule has 1 aliphatic carbocycles. The van der Waals surface area contributed by atoms with Crippen molar-refractivity contribution in [3.63, 3.8) is 0 Å². The Balaban J connectivity index is 1.65. The first kappa shape index (κ1) is 20.0. The second-order valence-corrected chi connectivity index (χ2v) is 7.57. The van der Waals surface area contributed by atoms with Crippen molar-refractivity contribution < 1.29 is 14.7 Å². The highest BCUT2D eigenvalue weighted by molar-refractivity contribution is 5.74. The number of nitrogens with one attached hydrogen (secondary N) is 1. The van der Waals surface area contributed by atoms with Gasteiger partial charge < -0.3 is 20.2 Å². The van der Waals surface area contributed by atoms with E-state index in [0.717, 1.165) is 38.9 Å². The zero-order valence-corrected chi connectivity index (χ0v) is 15.9. The van der Waals surface area contributed by atoms with Gasteiger partial charge in [0.25, 0.3) is 0 Å². The van der Waals surface area contributed by atoms with E-state index in [-0.39, 0.29) is 24.7 Å². The number of likely N-dealkylation sites (tertiary alicyclic amines) is 1. The molecule has 7 heteroatoms. The molecule has 0 radical (unpaired) electrons. The van der Waals surface area contributed by atoms with Crippen molar-refractivity contribution >= 4 is 12.0 Å². The predicted octanol–water partition coefficient (Wildman–Crippen LogP) is 1.44. The maximum absolute atomic E-state index is 12.3. The SMILES string of the molecule is CCN(CC(=O)O)C1CC(NC(=O)N(C)CCC2CCCCN2C)C1. The lowest BCUT2D eigenvalue weighted by molar-refractivity contribution is -0.139. The summed E-state index contributed by atoms with van der Waals surface area (Å²) in [6.45, 7) is 4.72. The monoisotopic (exact) mass is 354 g/mol. The van der Waals surface area contributed by atoms with E-state index in [9.17, 15) is 9.59 Å². The van der Waals surface area contributed by atoms with Crippen LogP contribution in [-0.4, -0.2) is 90.2 Å². The molecule has 1 atom stereocenters. The van der Waals surface area contributed by atoms with Crippen molar-refractivity contribution in [2.45, 2.75) is 63.6 Å². The lowest BCUT2D eigenvalue weighted by Gasteiger charge is -2.42. The molecule has 2 rings (SSSR count). The second kappa shape index (κ2) is 9.38. The molecule has 144 valence electrons.